The van der Waals surface area contributed by atoms with Crippen LogP contribution in [0.4, 0.5) is 4.39 Å². The van der Waals surface area contributed by atoms with Crippen molar-refractivity contribution < 1.29 is 9.31 Å². The lowest BCUT2D eigenvalue weighted by Gasteiger charge is -1.78. The lowest BCUT2D eigenvalue weighted by Crippen LogP contribution is -1.79. The van der Waals surface area contributed by atoms with Gasteiger partial charge >= 0.3 is 0 Å². The molecule has 0 fully saturated rings. The van der Waals surface area contributed by atoms with Crippen LogP contribution in [-0.2, 0) is 0 Å². The third-order valence-electron chi connectivity index (χ3n) is 0.733. The molecule has 0 heterocycles. The molecule has 1 aromatic rings. The van der Waals surface area contributed by atoms with E-state index in [1.807, 2.05) is 0 Å². The van der Waals surface area contributed by atoms with Crippen molar-refractivity contribution in [3.63, 3.8) is 0 Å². The summed E-state index contributed by atoms with van der Waals surface area (Å²) in [7, 11) is 0.889. The second kappa shape index (κ2) is 5.34. The molecule has 0 saturated heterocycles. The maximum Gasteiger partial charge on any atom is 0.194 e. The first-order valence-corrected chi connectivity index (χ1v) is 2.91. The van der Waals surface area contributed by atoms with Gasteiger partial charge in [0.05, 0.1) is 0 Å². The number of rotatable bonds is 0. The van der Waals surface area contributed by atoms with Crippen LogP contribution in [0.15, 0.2) is 30.3 Å². The maximum atomic E-state index is 11.9. The lowest BCUT2D eigenvalue weighted by atomic mass is 10.4. The van der Waals surface area contributed by atoms with Crippen LogP contribution in [0.2, 0.25) is 0 Å². The van der Waals surface area contributed by atoms with E-state index >= 15 is 0 Å². The number of nitrogens with zero attached hydrogens (tertiary/aromatic N) is 1. The number of hydrogen-bond donors (Lipinski definition) is 0. The van der Waals surface area contributed by atoms with Crippen molar-refractivity contribution >= 4 is 0 Å². The van der Waals surface area contributed by atoms with Crippen molar-refractivity contribution in [1.29, 1.82) is 0 Å². The normalized spacial score (nSPS) is 7.82. The summed E-state index contributed by atoms with van der Waals surface area (Å²) in [6.45, 7) is 0. The monoisotopic (exact) mass is 157 g/mol. The van der Waals surface area contributed by atoms with Crippen molar-refractivity contribution in [2.24, 2.45) is 0 Å². The number of benzene rings is 1. The smallest absolute Gasteiger partial charge is 0.194 e. The van der Waals surface area contributed by atoms with E-state index in [4.69, 9.17) is 10.1 Å². The summed E-state index contributed by atoms with van der Waals surface area (Å²) >= 11 is 0. The standard InChI is InChI=1S/C6H5F.CH3NO2/c7-6-4-2-1-3-5-6;1-2(3)4/h1-5H;1H3. The molecule has 3 nitrogen and oxygen atoms in total. The molecule has 0 spiro atoms. The molecule has 0 aliphatic carbocycles. The SMILES string of the molecule is C[N+](=O)[O-].Fc1ccccc1. The zero-order chi connectivity index (χ0) is 8.69. The molecule has 60 valence electrons. The molecule has 1 rings (SSSR count). The Morgan fingerprint density at radius 2 is 1.73 bits per heavy atom. The van der Waals surface area contributed by atoms with Crippen molar-refractivity contribution in [2.75, 3.05) is 7.05 Å². The average molecular weight is 157 g/mol. The summed E-state index contributed by atoms with van der Waals surface area (Å²) in [6, 6.07) is 7.94. The van der Waals surface area contributed by atoms with Gasteiger partial charge in [-0.3, -0.25) is 10.1 Å². The second-order valence-corrected chi connectivity index (χ2v) is 1.74. The Kier molecular flexibility index (Phi) is 4.64. The van der Waals surface area contributed by atoms with Crippen LogP contribution in [0, 0.1) is 15.9 Å². The topological polar surface area (TPSA) is 43.1 Å². The Balaban J connectivity index is 0.000000218. The van der Waals surface area contributed by atoms with E-state index in [1.54, 1.807) is 18.2 Å². The Hall–Kier alpha value is -1.45. The third-order valence-corrected chi connectivity index (χ3v) is 0.733. The van der Waals surface area contributed by atoms with E-state index in [-0.39, 0.29) is 5.82 Å². The molecule has 4 heteroatoms. The first kappa shape index (κ1) is 9.55. The summed E-state index contributed by atoms with van der Waals surface area (Å²) < 4.78 is 11.9. The first-order valence-electron chi connectivity index (χ1n) is 2.91. The summed E-state index contributed by atoms with van der Waals surface area (Å²) in [5.41, 5.74) is 0. The number of halogens is 1. The van der Waals surface area contributed by atoms with Gasteiger partial charge in [-0.25, -0.2) is 4.39 Å². The Bertz CT molecular complexity index is 209. The van der Waals surface area contributed by atoms with E-state index < -0.39 is 4.92 Å². The Labute approximate surface area is 63.6 Å². The van der Waals surface area contributed by atoms with Gasteiger partial charge in [0, 0.05) is 4.92 Å². The van der Waals surface area contributed by atoms with Gasteiger partial charge in [-0.1, -0.05) is 18.2 Å². The van der Waals surface area contributed by atoms with Gasteiger partial charge < -0.3 is 0 Å². The van der Waals surface area contributed by atoms with Crippen LogP contribution in [0.3, 0.4) is 0 Å². The van der Waals surface area contributed by atoms with Gasteiger partial charge in [0.15, 0.2) is 7.05 Å². The lowest BCUT2D eigenvalue weighted by molar-refractivity contribution is -0.445. The molecular weight excluding hydrogens is 149 g/mol. The van der Waals surface area contributed by atoms with Crippen molar-refractivity contribution in [3.8, 4) is 0 Å². The molecule has 0 aliphatic rings. The zero-order valence-corrected chi connectivity index (χ0v) is 6.03. The van der Waals surface area contributed by atoms with Crippen LogP contribution < -0.4 is 0 Å². The highest BCUT2D eigenvalue weighted by atomic mass is 19.1. The van der Waals surface area contributed by atoms with E-state index in [0.717, 1.165) is 7.05 Å². The Morgan fingerprint density at radius 3 is 1.91 bits per heavy atom. The molecule has 0 atom stereocenters. The predicted octanol–water partition coefficient (Wildman–Crippen LogP) is 1.72. The molecule has 0 radical (unpaired) electrons. The van der Waals surface area contributed by atoms with Gasteiger partial charge in [-0.15, -0.1) is 0 Å². The van der Waals surface area contributed by atoms with Gasteiger partial charge in [-0.2, -0.15) is 0 Å². The van der Waals surface area contributed by atoms with Gasteiger partial charge in [0.2, 0.25) is 0 Å². The molecule has 0 bridgehead atoms. The van der Waals surface area contributed by atoms with Gasteiger partial charge in [-0.05, 0) is 12.1 Å². The molecule has 1 aromatic carbocycles. The fourth-order valence-corrected chi connectivity index (χ4v) is 0.415. The summed E-state index contributed by atoms with van der Waals surface area (Å²) in [5, 5.41) is 8.81. The molecule has 11 heavy (non-hydrogen) atoms. The minimum Gasteiger partial charge on any atom is -0.265 e. The van der Waals surface area contributed by atoms with Crippen LogP contribution in [0.5, 0.6) is 0 Å². The van der Waals surface area contributed by atoms with E-state index in [0.29, 0.717) is 0 Å². The average Bonchev–Trinajstić information content (AvgIpc) is 1.87. The van der Waals surface area contributed by atoms with Gasteiger partial charge in [0.25, 0.3) is 0 Å². The fraction of sp³-hybridized carbons (Fsp3) is 0.143. The van der Waals surface area contributed by atoms with Crippen LogP contribution >= 0.6 is 0 Å². The quantitative estimate of drug-likeness (QED) is 0.425. The summed E-state index contributed by atoms with van der Waals surface area (Å²) in [4.78, 5) is 8.31. The zero-order valence-electron chi connectivity index (χ0n) is 6.03. The number of hydrogen-bond acceptors (Lipinski definition) is 2. The highest BCUT2D eigenvalue weighted by Crippen LogP contribution is 1.91. The molecule has 0 N–H and O–H groups in total. The summed E-state index contributed by atoms with van der Waals surface area (Å²) in [5.74, 6) is -0.178. The molecule has 0 saturated carbocycles. The highest BCUT2D eigenvalue weighted by Gasteiger charge is 1.77. The molecule has 0 amide bonds. The van der Waals surface area contributed by atoms with E-state index in [1.165, 1.54) is 12.1 Å². The Morgan fingerprint density at radius 1 is 1.36 bits per heavy atom. The predicted molar refractivity (Wildman–Crippen MR) is 39.3 cm³/mol. The summed E-state index contributed by atoms with van der Waals surface area (Å²) in [6.07, 6.45) is 0. The van der Waals surface area contributed by atoms with Crippen LogP contribution in [0.1, 0.15) is 0 Å². The van der Waals surface area contributed by atoms with Crippen molar-refractivity contribution in [2.45, 2.75) is 0 Å². The first-order chi connectivity index (χ1) is 5.13. The second-order valence-electron chi connectivity index (χ2n) is 1.74. The molecule has 0 aromatic heterocycles. The van der Waals surface area contributed by atoms with Crippen molar-refractivity contribution in [3.05, 3.63) is 46.3 Å². The highest BCUT2D eigenvalue weighted by molar-refractivity contribution is 5.02. The van der Waals surface area contributed by atoms with Gasteiger partial charge in [0.1, 0.15) is 5.82 Å². The minimum absolute atomic E-state index is 0.178. The minimum atomic E-state index is -0.500. The van der Waals surface area contributed by atoms with Crippen LogP contribution in [0.25, 0.3) is 0 Å². The van der Waals surface area contributed by atoms with E-state index in [2.05, 4.69) is 0 Å². The van der Waals surface area contributed by atoms with E-state index in [9.17, 15) is 4.39 Å². The molecular formula is C7H8FNO2. The fourth-order valence-electron chi connectivity index (χ4n) is 0.415. The largest absolute Gasteiger partial charge is 0.265 e. The van der Waals surface area contributed by atoms with Crippen LogP contribution in [-0.4, -0.2) is 12.0 Å². The number of nitro groups is 1. The maximum absolute atomic E-state index is 11.9. The van der Waals surface area contributed by atoms with Crippen molar-refractivity contribution in [1.82, 2.24) is 0 Å². The molecule has 0 unspecified atom stereocenters. The molecule has 0 aliphatic heterocycles. The third kappa shape index (κ3) is 8.55.